The zero-order valence-corrected chi connectivity index (χ0v) is 19.4. The molecule has 5 heteroatoms. The molecule has 1 aromatic rings. The highest BCUT2D eigenvalue weighted by atomic mass is 16.5. The van der Waals surface area contributed by atoms with E-state index in [9.17, 15) is 9.90 Å². The molecule has 172 valence electrons. The van der Waals surface area contributed by atoms with Crippen LogP contribution in [-0.2, 0) is 14.2 Å². The lowest BCUT2D eigenvalue weighted by atomic mass is 9.51. The minimum Gasteiger partial charge on any atom is -0.501 e. The first-order valence-corrected chi connectivity index (χ1v) is 11.9. The third-order valence-corrected chi connectivity index (χ3v) is 9.09. The third kappa shape index (κ3) is 3.08. The number of methoxy groups -OCH3 is 2. The van der Waals surface area contributed by atoms with Gasteiger partial charge in [0.05, 0.1) is 30.6 Å². The summed E-state index contributed by atoms with van der Waals surface area (Å²) in [5.74, 6) is 0.468. The lowest BCUT2D eigenvalue weighted by Gasteiger charge is -2.55. The Balaban J connectivity index is 1.65. The quantitative estimate of drug-likeness (QED) is 0.673. The highest BCUT2D eigenvalue weighted by molar-refractivity contribution is 5.87. The van der Waals surface area contributed by atoms with Gasteiger partial charge in [-0.05, 0) is 72.8 Å². The van der Waals surface area contributed by atoms with Gasteiger partial charge in [0, 0.05) is 32.0 Å². The summed E-state index contributed by atoms with van der Waals surface area (Å²) in [4.78, 5) is 11.4. The summed E-state index contributed by atoms with van der Waals surface area (Å²) >= 11 is 0. The molecule has 1 heterocycles. The maximum atomic E-state index is 11.4. The van der Waals surface area contributed by atoms with Crippen molar-refractivity contribution in [3.8, 4) is 0 Å². The molecule has 2 saturated carbocycles. The van der Waals surface area contributed by atoms with Crippen molar-refractivity contribution in [2.24, 2.45) is 17.3 Å². The second-order valence-electron chi connectivity index (χ2n) is 10.2. The molecule has 32 heavy (non-hydrogen) atoms. The molecular formula is C27H34O5. The molecule has 0 bridgehead atoms. The molecule has 0 radical (unpaired) electrons. The summed E-state index contributed by atoms with van der Waals surface area (Å²) in [5, 5.41) is 9.39. The Kier molecular flexibility index (Phi) is 5.45. The number of rotatable bonds is 5. The first-order chi connectivity index (χ1) is 15.4. The number of hydrogen-bond donors (Lipinski definition) is 1. The number of carboxylic acids is 1. The van der Waals surface area contributed by atoms with Gasteiger partial charge in [-0.2, -0.15) is 0 Å². The zero-order chi connectivity index (χ0) is 22.5. The Morgan fingerprint density at radius 3 is 2.66 bits per heavy atom. The van der Waals surface area contributed by atoms with E-state index in [1.54, 1.807) is 24.8 Å². The lowest BCUT2D eigenvalue weighted by Crippen LogP contribution is -2.54. The molecule has 0 spiro atoms. The summed E-state index contributed by atoms with van der Waals surface area (Å²) < 4.78 is 17.7. The highest BCUT2D eigenvalue weighted by Crippen LogP contribution is 2.67. The maximum Gasteiger partial charge on any atom is 0.335 e. The summed E-state index contributed by atoms with van der Waals surface area (Å²) in [5.41, 5.74) is 5.71. The number of fused-ring (bicyclic) bond motifs is 4. The Hall–Kier alpha value is -2.11. The van der Waals surface area contributed by atoms with E-state index in [4.69, 9.17) is 14.2 Å². The van der Waals surface area contributed by atoms with E-state index in [-0.39, 0.29) is 16.9 Å². The van der Waals surface area contributed by atoms with Crippen LogP contribution >= 0.6 is 0 Å². The van der Waals surface area contributed by atoms with E-state index in [1.165, 1.54) is 16.7 Å². The number of hydrogen-bond acceptors (Lipinski definition) is 4. The standard InChI is InChI=1S/C27H34O5/c1-26-14-22(17-4-6-18(7-5-17)25(28)29)24-20-11-13-32-15-19(20)8-9-21(24)23(26)10-12-27(26,31-3)16-30-2/h4-7,15,21-23H,8-14,16H2,1-3H3,(H,28,29)/t21?,22-,23?,26+,27-/m1/s1. The number of benzene rings is 1. The van der Waals surface area contributed by atoms with E-state index in [2.05, 4.69) is 6.92 Å². The average Bonchev–Trinajstić information content (AvgIpc) is 3.11. The Bertz CT molecular complexity index is 961. The monoisotopic (exact) mass is 438 g/mol. The van der Waals surface area contributed by atoms with Gasteiger partial charge < -0.3 is 19.3 Å². The van der Waals surface area contributed by atoms with Crippen molar-refractivity contribution in [1.82, 2.24) is 0 Å². The molecule has 1 N–H and O–H groups in total. The van der Waals surface area contributed by atoms with Gasteiger partial charge in [0.1, 0.15) is 0 Å². The molecule has 5 rings (SSSR count). The molecule has 5 atom stereocenters. The first-order valence-electron chi connectivity index (χ1n) is 11.9. The number of allylic oxidation sites excluding steroid dienone is 2. The van der Waals surface area contributed by atoms with Crippen molar-refractivity contribution in [3.63, 3.8) is 0 Å². The van der Waals surface area contributed by atoms with Gasteiger partial charge >= 0.3 is 5.97 Å². The normalized spacial score (nSPS) is 36.0. The van der Waals surface area contributed by atoms with Gasteiger partial charge in [0.2, 0.25) is 0 Å². The second-order valence-corrected chi connectivity index (χ2v) is 10.2. The van der Waals surface area contributed by atoms with Gasteiger partial charge in [-0.3, -0.25) is 0 Å². The van der Waals surface area contributed by atoms with E-state index >= 15 is 0 Å². The smallest absolute Gasteiger partial charge is 0.335 e. The molecule has 1 aromatic carbocycles. The van der Waals surface area contributed by atoms with E-state index in [1.807, 2.05) is 25.5 Å². The maximum absolute atomic E-state index is 11.4. The van der Waals surface area contributed by atoms with Crippen molar-refractivity contribution < 1.29 is 24.1 Å². The van der Waals surface area contributed by atoms with E-state index in [0.717, 1.165) is 45.1 Å². The zero-order valence-electron chi connectivity index (χ0n) is 19.4. The van der Waals surface area contributed by atoms with Crippen LogP contribution in [0.25, 0.3) is 0 Å². The number of ether oxygens (including phenoxy) is 3. The number of carboxylic acid groups (broad SMARTS) is 1. The van der Waals surface area contributed by atoms with Gasteiger partial charge in [-0.1, -0.05) is 24.6 Å². The Morgan fingerprint density at radius 1 is 1.19 bits per heavy atom. The first kappa shape index (κ1) is 21.7. The minimum absolute atomic E-state index is 0.00495. The van der Waals surface area contributed by atoms with E-state index < -0.39 is 5.97 Å². The summed E-state index contributed by atoms with van der Waals surface area (Å²) in [6.45, 7) is 3.77. The average molecular weight is 439 g/mol. The fourth-order valence-electron chi connectivity index (χ4n) is 7.54. The van der Waals surface area contributed by atoms with Crippen LogP contribution in [0.3, 0.4) is 0 Å². The fraction of sp³-hybridized carbons (Fsp3) is 0.593. The largest absolute Gasteiger partial charge is 0.501 e. The molecule has 0 aromatic heterocycles. The fourth-order valence-corrected chi connectivity index (χ4v) is 7.54. The van der Waals surface area contributed by atoms with Gasteiger partial charge in [-0.15, -0.1) is 0 Å². The van der Waals surface area contributed by atoms with Crippen molar-refractivity contribution in [1.29, 1.82) is 0 Å². The predicted molar refractivity (Wildman–Crippen MR) is 122 cm³/mol. The van der Waals surface area contributed by atoms with E-state index in [0.29, 0.717) is 24.0 Å². The summed E-state index contributed by atoms with van der Waals surface area (Å²) in [7, 11) is 3.62. The minimum atomic E-state index is -0.881. The van der Waals surface area contributed by atoms with Crippen LogP contribution in [0.5, 0.6) is 0 Å². The lowest BCUT2D eigenvalue weighted by molar-refractivity contribution is -0.149. The SMILES string of the molecule is COC[C@]1(OC)CCC2C3CCC4=COCCC4=C3[C@@H](c3ccc(C(=O)O)cc3)C[C@@]21C. The van der Waals surface area contributed by atoms with Gasteiger partial charge in [0.25, 0.3) is 0 Å². The Morgan fingerprint density at radius 2 is 1.97 bits per heavy atom. The second kappa shape index (κ2) is 8.03. The van der Waals surface area contributed by atoms with Crippen LogP contribution in [0.2, 0.25) is 0 Å². The van der Waals surface area contributed by atoms with Crippen molar-refractivity contribution >= 4 is 5.97 Å². The molecule has 0 saturated heterocycles. The molecule has 2 unspecified atom stereocenters. The third-order valence-electron chi connectivity index (χ3n) is 9.09. The molecular weight excluding hydrogens is 404 g/mol. The van der Waals surface area contributed by atoms with Crippen molar-refractivity contribution in [3.05, 3.63) is 58.4 Å². The van der Waals surface area contributed by atoms with Crippen molar-refractivity contribution in [2.75, 3.05) is 27.4 Å². The van der Waals surface area contributed by atoms with Crippen LogP contribution < -0.4 is 0 Å². The predicted octanol–water partition coefficient (Wildman–Crippen LogP) is 5.33. The highest BCUT2D eigenvalue weighted by Gasteiger charge is 2.63. The number of aromatic carboxylic acids is 1. The topological polar surface area (TPSA) is 65.0 Å². The van der Waals surface area contributed by atoms with Crippen LogP contribution in [0.4, 0.5) is 0 Å². The van der Waals surface area contributed by atoms with Crippen LogP contribution in [0.1, 0.15) is 67.3 Å². The summed E-state index contributed by atoms with van der Waals surface area (Å²) in [6.07, 6.45) is 8.35. The molecule has 5 nitrogen and oxygen atoms in total. The van der Waals surface area contributed by atoms with Crippen LogP contribution in [-0.4, -0.2) is 44.1 Å². The van der Waals surface area contributed by atoms with Crippen LogP contribution in [0.15, 0.2) is 47.2 Å². The molecule has 1 aliphatic heterocycles. The van der Waals surface area contributed by atoms with Crippen molar-refractivity contribution in [2.45, 2.75) is 57.0 Å². The number of carbonyl (C=O) groups is 1. The van der Waals surface area contributed by atoms with Gasteiger partial charge in [-0.25, -0.2) is 4.79 Å². The van der Waals surface area contributed by atoms with Gasteiger partial charge in [0.15, 0.2) is 0 Å². The molecule has 3 aliphatic carbocycles. The molecule has 4 aliphatic rings. The molecule has 2 fully saturated rings. The molecule has 0 amide bonds. The van der Waals surface area contributed by atoms with Crippen LogP contribution in [0, 0.1) is 17.3 Å². The Labute approximate surface area is 190 Å². The summed E-state index contributed by atoms with van der Waals surface area (Å²) in [6, 6.07) is 7.56.